The Morgan fingerprint density at radius 1 is 1.27 bits per heavy atom. The standard InChI is InChI=1S/C16H26N5O4P/c1-25-16(26(22,23)24)15-20-12-13(17)18-11(19-14(12)21-15)9-5-8-10-6-3-2-4-7-10/h10,16H,2-9H2,1H3,(H2,22,23,24)(H3,17,18,19,20,21). The summed E-state index contributed by atoms with van der Waals surface area (Å²) < 4.78 is 16.4. The van der Waals surface area contributed by atoms with Gasteiger partial charge in [-0.15, -0.1) is 0 Å². The molecular weight excluding hydrogens is 357 g/mol. The number of ether oxygens (including phenoxy) is 1. The van der Waals surface area contributed by atoms with Crippen LogP contribution in [0.25, 0.3) is 11.2 Å². The Bertz CT molecular complexity index is 799. The number of nitrogens with one attached hydrogen (secondary N) is 1. The number of nitrogens with two attached hydrogens (primary N) is 1. The molecule has 0 spiro atoms. The zero-order chi connectivity index (χ0) is 18.7. The highest BCUT2D eigenvalue weighted by molar-refractivity contribution is 7.51. The summed E-state index contributed by atoms with van der Waals surface area (Å²) in [6.07, 6.45) is 9.52. The van der Waals surface area contributed by atoms with Gasteiger partial charge in [0.25, 0.3) is 0 Å². The van der Waals surface area contributed by atoms with E-state index in [9.17, 15) is 14.4 Å². The van der Waals surface area contributed by atoms with Crippen LogP contribution < -0.4 is 5.73 Å². The highest BCUT2D eigenvalue weighted by atomic mass is 31.2. The fourth-order valence-electron chi connectivity index (χ4n) is 3.65. The van der Waals surface area contributed by atoms with Crippen molar-refractivity contribution in [2.75, 3.05) is 12.8 Å². The van der Waals surface area contributed by atoms with Gasteiger partial charge >= 0.3 is 7.60 Å². The van der Waals surface area contributed by atoms with Crippen molar-refractivity contribution in [1.82, 2.24) is 19.9 Å². The molecule has 0 amide bonds. The fourth-order valence-corrected chi connectivity index (χ4v) is 4.36. The van der Waals surface area contributed by atoms with E-state index in [-0.39, 0.29) is 11.6 Å². The first kappa shape index (κ1) is 19.2. The molecule has 2 aromatic heterocycles. The summed E-state index contributed by atoms with van der Waals surface area (Å²) in [5.41, 5.74) is 6.64. The first-order valence-corrected chi connectivity index (χ1v) is 10.7. The minimum atomic E-state index is -4.52. The Kier molecular flexibility index (Phi) is 5.92. The maximum atomic E-state index is 11.5. The number of rotatable bonds is 7. The van der Waals surface area contributed by atoms with Gasteiger partial charge in [-0.25, -0.2) is 15.0 Å². The predicted octanol–water partition coefficient (Wildman–Crippen LogP) is 2.66. The lowest BCUT2D eigenvalue weighted by atomic mass is 9.86. The molecule has 1 unspecified atom stereocenters. The van der Waals surface area contributed by atoms with Crippen molar-refractivity contribution in [3.05, 3.63) is 11.6 Å². The predicted molar refractivity (Wildman–Crippen MR) is 97.4 cm³/mol. The molecule has 0 bridgehead atoms. The second-order valence-electron chi connectivity index (χ2n) is 6.92. The molecule has 1 saturated carbocycles. The largest absolute Gasteiger partial charge is 0.382 e. The highest BCUT2D eigenvalue weighted by Gasteiger charge is 2.33. The molecular formula is C16H26N5O4P. The molecule has 1 aliphatic carbocycles. The third-order valence-electron chi connectivity index (χ3n) is 4.94. The van der Waals surface area contributed by atoms with Crippen molar-refractivity contribution in [3.8, 4) is 0 Å². The Hall–Kier alpha value is -1.54. The van der Waals surface area contributed by atoms with E-state index in [1.54, 1.807) is 0 Å². The van der Waals surface area contributed by atoms with E-state index in [0.29, 0.717) is 17.0 Å². The normalized spacial score (nSPS) is 17.7. The van der Waals surface area contributed by atoms with Crippen molar-refractivity contribution in [1.29, 1.82) is 0 Å². The first-order chi connectivity index (χ1) is 12.4. The quantitative estimate of drug-likeness (QED) is 0.534. The molecule has 1 fully saturated rings. The lowest BCUT2D eigenvalue weighted by Gasteiger charge is -2.21. The van der Waals surface area contributed by atoms with Crippen molar-refractivity contribution in [3.63, 3.8) is 0 Å². The van der Waals surface area contributed by atoms with Gasteiger partial charge < -0.3 is 25.2 Å². The van der Waals surface area contributed by atoms with E-state index in [1.165, 1.54) is 45.6 Å². The molecule has 26 heavy (non-hydrogen) atoms. The fraction of sp³-hybridized carbons (Fsp3) is 0.688. The zero-order valence-corrected chi connectivity index (χ0v) is 15.8. The lowest BCUT2D eigenvalue weighted by Crippen LogP contribution is -2.07. The van der Waals surface area contributed by atoms with Gasteiger partial charge in [0.1, 0.15) is 5.82 Å². The van der Waals surface area contributed by atoms with E-state index in [1.807, 2.05) is 0 Å². The Morgan fingerprint density at radius 3 is 2.65 bits per heavy atom. The molecule has 0 aromatic carbocycles. The van der Waals surface area contributed by atoms with Crippen molar-refractivity contribution >= 4 is 24.6 Å². The van der Waals surface area contributed by atoms with E-state index >= 15 is 0 Å². The smallest absolute Gasteiger partial charge is 0.361 e. The van der Waals surface area contributed by atoms with Crippen LogP contribution in [0.15, 0.2) is 0 Å². The summed E-state index contributed by atoms with van der Waals surface area (Å²) in [6, 6.07) is 0. The second-order valence-corrected chi connectivity index (χ2v) is 8.56. The molecule has 5 N–H and O–H groups in total. The summed E-state index contributed by atoms with van der Waals surface area (Å²) >= 11 is 0. The van der Waals surface area contributed by atoms with Gasteiger partial charge in [0.15, 0.2) is 22.8 Å². The maximum absolute atomic E-state index is 11.5. The van der Waals surface area contributed by atoms with Crippen molar-refractivity contribution in [2.45, 2.75) is 57.2 Å². The number of aromatic nitrogens is 4. The van der Waals surface area contributed by atoms with Crippen LogP contribution in [0.2, 0.25) is 0 Å². The van der Waals surface area contributed by atoms with Gasteiger partial charge in [-0.1, -0.05) is 38.5 Å². The van der Waals surface area contributed by atoms with Gasteiger partial charge in [-0.3, -0.25) is 4.57 Å². The van der Waals surface area contributed by atoms with Crippen LogP contribution in [0.3, 0.4) is 0 Å². The van der Waals surface area contributed by atoms with Gasteiger partial charge in [0, 0.05) is 13.5 Å². The average molecular weight is 383 g/mol. The topological polar surface area (TPSA) is 147 Å². The van der Waals surface area contributed by atoms with Gasteiger partial charge in [-0.2, -0.15) is 0 Å². The number of hydrogen-bond donors (Lipinski definition) is 4. The van der Waals surface area contributed by atoms with E-state index in [0.717, 1.165) is 18.8 Å². The maximum Gasteiger partial charge on any atom is 0.361 e. The summed E-state index contributed by atoms with van der Waals surface area (Å²) in [7, 11) is -3.31. The third-order valence-corrected chi connectivity index (χ3v) is 6.00. The number of aromatic amines is 1. The highest BCUT2D eigenvalue weighted by Crippen LogP contribution is 2.51. The molecule has 1 aliphatic rings. The van der Waals surface area contributed by atoms with Gasteiger partial charge in [-0.05, 0) is 12.3 Å². The summed E-state index contributed by atoms with van der Waals surface area (Å²) in [5, 5.41) is 0. The molecule has 2 aromatic rings. The van der Waals surface area contributed by atoms with E-state index < -0.39 is 13.4 Å². The lowest BCUT2D eigenvalue weighted by molar-refractivity contribution is 0.132. The van der Waals surface area contributed by atoms with Crippen LogP contribution in [0.4, 0.5) is 5.82 Å². The first-order valence-electron chi connectivity index (χ1n) is 8.98. The van der Waals surface area contributed by atoms with Crippen molar-refractivity contribution < 1.29 is 19.1 Å². The minimum absolute atomic E-state index is 0.00353. The summed E-state index contributed by atoms with van der Waals surface area (Å²) in [6.45, 7) is 0. The minimum Gasteiger partial charge on any atom is -0.382 e. The zero-order valence-electron chi connectivity index (χ0n) is 14.9. The van der Waals surface area contributed by atoms with Crippen molar-refractivity contribution in [2.24, 2.45) is 5.92 Å². The number of aryl methyl sites for hydroxylation is 1. The molecule has 10 heteroatoms. The van der Waals surface area contributed by atoms with Gasteiger partial charge in [0.2, 0.25) is 5.85 Å². The molecule has 9 nitrogen and oxygen atoms in total. The molecule has 0 radical (unpaired) electrons. The number of methoxy groups -OCH3 is 1. The monoisotopic (exact) mass is 383 g/mol. The number of hydrogen-bond acceptors (Lipinski definition) is 6. The average Bonchev–Trinajstić information content (AvgIpc) is 2.99. The number of anilines is 1. The number of imidazole rings is 1. The van der Waals surface area contributed by atoms with Crippen LogP contribution in [0.5, 0.6) is 0 Å². The number of nitrogens with zero attached hydrogens (tertiary/aromatic N) is 3. The van der Waals surface area contributed by atoms with E-state index in [2.05, 4.69) is 19.9 Å². The van der Waals surface area contributed by atoms with Crippen LogP contribution >= 0.6 is 7.60 Å². The second kappa shape index (κ2) is 8.00. The van der Waals surface area contributed by atoms with Crippen LogP contribution in [0, 0.1) is 5.92 Å². The number of nitrogen functional groups attached to an aromatic ring is 1. The van der Waals surface area contributed by atoms with E-state index in [4.69, 9.17) is 10.5 Å². The summed E-state index contributed by atoms with van der Waals surface area (Å²) in [4.78, 5) is 34.4. The Balaban J connectivity index is 1.73. The molecule has 0 aliphatic heterocycles. The molecule has 2 heterocycles. The number of H-pyrrole nitrogens is 1. The van der Waals surface area contributed by atoms with Crippen LogP contribution in [-0.2, 0) is 15.7 Å². The SMILES string of the molecule is COC(c1nc2c(N)nc(CCCC3CCCCC3)nc2[nH]1)P(=O)(O)O. The summed E-state index contributed by atoms with van der Waals surface area (Å²) in [5.74, 6) is 0.133. The molecule has 0 saturated heterocycles. The molecule has 144 valence electrons. The third kappa shape index (κ3) is 4.40. The van der Waals surface area contributed by atoms with Gasteiger partial charge in [0.05, 0.1) is 0 Å². The molecule has 3 rings (SSSR count). The number of fused-ring (bicyclic) bond motifs is 1. The van der Waals surface area contributed by atoms with Crippen LogP contribution in [0.1, 0.15) is 62.4 Å². The Labute approximate surface area is 151 Å². The van der Waals surface area contributed by atoms with Crippen LogP contribution in [-0.4, -0.2) is 36.8 Å². The molecule has 1 atom stereocenters. The Morgan fingerprint density at radius 2 is 2.00 bits per heavy atom.